The third-order valence-electron chi connectivity index (χ3n) is 4.73. The summed E-state index contributed by atoms with van der Waals surface area (Å²) in [5, 5.41) is 0. The van der Waals surface area contributed by atoms with Crippen molar-refractivity contribution in [3.8, 4) is 0 Å². The van der Waals surface area contributed by atoms with Gasteiger partial charge in [-0.3, -0.25) is 9.59 Å². The molecule has 2 amide bonds. The average Bonchev–Trinajstić information content (AvgIpc) is 2.53. The first kappa shape index (κ1) is 16.3. The summed E-state index contributed by atoms with van der Waals surface area (Å²) in [4.78, 5) is 27.4. The van der Waals surface area contributed by atoms with Crippen molar-refractivity contribution in [3.63, 3.8) is 0 Å². The maximum absolute atomic E-state index is 12.4. The fraction of sp³-hybridized carbons (Fsp3) is 0.875. The normalized spacial score (nSPS) is 23.9. The Hall–Kier alpha value is -1.10. The van der Waals surface area contributed by atoms with E-state index in [1.165, 1.54) is 12.8 Å². The first-order chi connectivity index (χ1) is 10.1. The summed E-state index contributed by atoms with van der Waals surface area (Å²) >= 11 is 0. The molecular weight excluding hydrogens is 268 g/mol. The van der Waals surface area contributed by atoms with Crippen molar-refractivity contribution in [2.45, 2.75) is 51.6 Å². The molecule has 2 aliphatic heterocycles. The van der Waals surface area contributed by atoms with Crippen LogP contribution in [0.5, 0.6) is 0 Å². The van der Waals surface area contributed by atoms with Gasteiger partial charge in [-0.15, -0.1) is 0 Å². The summed E-state index contributed by atoms with van der Waals surface area (Å²) < 4.78 is 5.71. The third kappa shape index (κ3) is 4.70. The molecule has 1 atom stereocenters. The standard InChI is InChI=1S/C16H28N2O3/c1-13(19)18-10-6-14(7-11-18)16(20)17(2)9-8-15-5-3-4-12-21-15/h14-15H,3-12H2,1-2H3. The summed E-state index contributed by atoms with van der Waals surface area (Å²) in [5.74, 6) is 0.426. The second kappa shape index (κ2) is 7.78. The molecule has 0 aliphatic carbocycles. The highest BCUT2D eigenvalue weighted by Gasteiger charge is 2.28. The Balaban J connectivity index is 1.71. The Morgan fingerprint density at radius 2 is 1.90 bits per heavy atom. The Bertz CT molecular complexity index is 359. The number of piperidine rings is 1. The highest BCUT2D eigenvalue weighted by atomic mass is 16.5. The maximum Gasteiger partial charge on any atom is 0.225 e. The van der Waals surface area contributed by atoms with E-state index in [1.807, 2.05) is 16.8 Å². The second-order valence-electron chi connectivity index (χ2n) is 6.32. The van der Waals surface area contributed by atoms with E-state index in [1.54, 1.807) is 6.92 Å². The highest BCUT2D eigenvalue weighted by molar-refractivity contribution is 5.79. The van der Waals surface area contributed by atoms with Crippen molar-refractivity contribution in [1.82, 2.24) is 9.80 Å². The molecule has 2 aliphatic rings. The topological polar surface area (TPSA) is 49.9 Å². The van der Waals surface area contributed by atoms with Gasteiger partial charge in [-0.1, -0.05) is 0 Å². The van der Waals surface area contributed by atoms with Gasteiger partial charge in [-0.25, -0.2) is 0 Å². The third-order valence-corrected chi connectivity index (χ3v) is 4.73. The molecule has 2 rings (SSSR count). The van der Waals surface area contributed by atoms with E-state index >= 15 is 0 Å². The molecule has 2 heterocycles. The Kier molecular flexibility index (Phi) is 6.03. The smallest absolute Gasteiger partial charge is 0.225 e. The zero-order valence-corrected chi connectivity index (χ0v) is 13.3. The Morgan fingerprint density at radius 3 is 2.48 bits per heavy atom. The number of nitrogens with zero attached hydrogens (tertiary/aromatic N) is 2. The molecule has 2 fully saturated rings. The largest absolute Gasteiger partial charge is 0.378 e. The molecule has 0 radical (unpaired) electrons. The van der Waals surface area contributed by atoms with Gasteiger partial charge in [-0.2, -0.15) is 0 Å². The van der Waals surface area contributed by atoms with E-state index in [-0.39, 0.29) is 17.7 Å². The SMILES string of the molecule is CC(=O)N1CCC(C(=O)N(C)CCC2CCCCO2)CC1. The molecule has 21 heavy (non-hydrogen) atoms. The number of amides is 2. The Labute approximate surface area is 127 Å². The molecule has 0 saturated carbocycles. The number of ether oxygens (including phenoxy) is 1. The second-order valence-corrected chi connectivity index (χ2v) is 6.32. The van der Waals surface area contributed by atoms with Crippen LogP contribution in [-0.4, -0.2) is 61.0 Å². The number of carbonyl (C=O) groups is 2. The van der Waals surface area contributed by atoms with Gasteiger partial charge >= 0.3 is 0 Å². The summed E-state index contributed by atoms with van der Waals surface area (Å²) in [5.41, 5.74) is 0. The summed E-state index contributed by atoms with van der Waals surface area (Å²) in [6.45, 7) is 4.66. The van der Waals surface area contributed by atoms with E-state index in [0.29, 0.717) is 19.2 Å². The van der Waals surface area contributed by atoms with Crippen LogP contribution in [0.1, 0.15) is 45.4 Å². The summed E-state index contributed by atoms with van der Waals surface area (Å²) in [6, 6.07) is 0. The zero-order valence-electron chi connectivity index (χ0n) is 13.3. The molecule has 0 bridgehead atoms. The van der Waals surface area contributed by atoms with Crippen molar-refractivity contribution >= 4 is 11.8 Å². The predicted octanol–water partition coefficient (Wildman–Crippen LogP) is 1.66. The van der Waals surface area contributed by atoms with Crippen LogP contribution in [0.3, 0.4) is 0 Å². The van der Waals surface area contributed by atoms with Gasteiger partial charge in [0.2, 0.25) is 11.8 Å². The first-order valence-electron chi connectivity index (χ1n) is 8.20. The van der Waals surface area contributed by atoms with Gasteiger partial charge in [0, 0.05) is 46.1 Å². The predicted molar refractivity (Wildman–Crippen MR) is 80.8 cm³/mol. The summed E-state index contributed by atoms with van der Waals surface area (Å²) in [7, 11) is 1.89. The molecule has 5 nitrogen and oxygen atoms in total. The maximum atomic E-state index is 12.4. The fourth-order valence-corrected chi connectivity index (χ4v) is 3.24. The van der Waals surface area contributed by atoms with Crippen molar-refractivity contribution in [1.29, 1.82) is 0 Å². The number of rotatable bonds is 4. The number of hydrogen-bond acceptors (Lipinski definition) is 3. The first-order valence-corrected chi connectivity index (χ1v) is 8.20. The molecule has 2 saturated heterocycles. The van der Waals surface area contributed by atoms with E-state index in [9.17, 15) is 9.59 Å². The van der Waals surface area contributed by atoms with Gasteiger partial charge in [0.15, 0.2) is 0 Å². The van der Waals surface area contributed by atoms with Crippen molar-refractivity contribution < 1.29 is 14.3 Å². The lowest BCUT2D eigenvalue weighted by Crippen LogP contribution is -2.43. The van der Waals surface area contributed by atoms with E-state index < -0.39 is 0 Å². The minimum absolute atomic E-state index is 0.0814. The van der Waals surface area contributed by atoms with Gasteiger partial charge < -0.3 is 14.5 Å². The monoisotopic (exact) mass is 296 g/mol. The van der Waals surface area contributed by atoms with Gasteiger partial charge in [0.1, 0.15) is 0 Å². The van der Waals surface area contributed by atoms with Crippen LogP contribution in [0.25, 0.3) is 0 Å². The molecule has 0 aromatic carbocycles. The number of carbonyl (C=O) groups excluding carboxylic acids is 2. The minimum Gasteiger partial charge on any atom is -0.378 e. The van der Waals surface area contributed by atoms with Crippen molar-refractivity contribution in [2.24, 2.45) is 5.92 Å². The van der Waals surface area contributed by atoms with Gasteiger partial charge in [0.05, 0.1) is 6.10 Å². The fourth-order valence-electron chi connectivity index (χ4n) is 3.24. The minimum atomic E-state index is 0.0814. The van der Waals surface area contributed by atoms with E-state index in [4.69, 9.17) is 4.74 Å². The quantitative estimate of drug-likeness (QED) is 0.793. The van der Waals surface area contributed by atoms with Gasteiger partial charge in [-0.05, 0) is 38.5 Å². The molecule has 0 N–H and O–H groups in total. The van der Waals surface area contributed by atoms with Crippen LogP contribution >= 0.6 is 0 Å². The molecule has 1 unspecified atom stereocenters. The molecular formula is C16H28N2O3. The van der Waals surface area contributed by atoms with Crippen LogP contribution in [0.2, 0.25) is 0 Å². The summed E-state index contributed by atoms with van der Waals surface area (Å²) in [6.07, 6.45) is 6.39. The average molecular weight is 296 g/mol. The van der Waals surface area contributed by atoms with Gasteiger partial charge in [0.25, 0.3) is 0 Å². The molecule has 0 spiro atoms. The van der Waals surface area contributed by atoms with Crippen LogP contribution in [-0.2, 0) is 14.3 Å². The molecule has 120 valence electrons. The van der Waals surface area contributed by atoms with Crippen LogP contribution in [0.15, 0.2) is 0 Å². The molecule has 0 aromatic heterocycles. The van der Waals surface area contributed by atoms with Crippen LogP contribution < -0.4 is 0 Å². The lowest BCUT2D eigenvalue weighted by Gasteiger charge is -2.33. The molecule has 0 aromatic rings. The zero-order chi connectivity index (χ0) is 15.2. The lowest BCUT2D eigenvalue weighted by molar-refractivity contribution is -0.139. The number of hydrogen-bond donors (Lipinski definition) is 0. The highest BCUT2D eigenvalue weighted by Crippen LogP contribution is 2.20. The van der Waals surface area contributed by atoms with Crippen LogP contribution in [0, 0.1) is 5.92 Å². The van der Waals surface area contributed by atoms with Crippen LogP contribution in [0.4, 0.5) is 0 Å². The van der Waals surface area contributed by atoms with Crippen molar-refractivity contribution in [3.05, 3.63) is 0 Å². The Morgan fingerprint density at radius 1 is 1.19 bits per heavy atom. The molecule has 5 heteroatoms. The van der Waals surface area contributed by atoms with Crippen molar-refractivity contribution in [2.75, 3.05) is 33.3 Å². The lowest BCUT2D eigenvalue weighted by atomic mass is 9.95. The van der Waals surface area contributed by atoms with E-state index in [0.717, 1.165) is 38.8 Å². The number of likely N-dealkylation sites (tertiary alicyclic amines) is 1. The van der Waals surface area contributed by atoms with E-state index in [2.05, 4.69) is 0 Å².